The fourth-order valence-electron chi connectivity index (χ4n) is 7.57. The highest BCUT2D eigenvalue weighted by molar-refractivity contribution is 5.83. The first-order valence-corrected chi connectivity index (χ1v) is 15.1. The highest BCUT2D eigenvalue weighted by Crippen LogP contribution is 2.48. The molecule has 41 heavy (non-hydrogen) atoms. The number of rotatable bonds is 7. The standard InChI is InChI=1S/C36H48N2O3/c1-10-24-22-38(21-23-17-29(35(2,3)4)34(41-9)30(18-23)36(5,6)7)16-14-25(24)19-32(38)33(39)27-13-15-37-31-12-11-26(40-8)20-28(27)31/h10-13,15,17-18,20,24-25,32-33H,1,14,16,19,21-22H2,2-9H3/t24-,25+,32-,33+,38-/m0/s1. The monoisotopic (exact) mass is 556 g/mol. The van der Waals surface area contributed by atoms with E-state index >= 15 is 0 Å². The van der Waals surface area contributed by atoms with Gasteiger partial charge in [0.15, 0.2) is 0 Å². The van der Waals surface area contributed by atoms with E-state index in [9.17, 15) is 5.11 Å². The summed E-state index contributed by atoms with van der Waals surface area (Å²) in [6.07, 6.45) is 5.14. The van der Waals surface area contributed by atoms with Gasteiger partial charge >= 0.3 is 0 Å². The minimum absolute atomic E-state index is 0.0278. The molecular weight excluding hydrogens is 508 g/mol. The van der Waals surface area contributed by atoms with Crippen LogP contribution in [0.15, 0.2) is 55.3 Å². The Kier molecular flexibility index (Phi) is 7.76. The minimum atomic E-state index is -0.858. The zero-order chi connectivity index (χ0) is 29.7. The average Bonchev–Trinajstić information content (AvgIpc) is 2.94. The van der Waals surface area contributed by atoms with E-state index in [2.05, 4.69) is 71.3 Å². The Morgan fingerprint density at radius 1 is 1.02 bits per heavy atom. The molecule has 0 aliphatic carbocycles. The van der Waals surface area contributed by atoms with Crippen molar-refractivity contribution in [3.05, 3.63) is 77.5 Å². The van der Waals surface area contributed by atoms with Gasteiger partial charge in [0.2, 0.25) is 0 Å². The number of ether oxygens (including phenoxy) is 2. The van der Waals surface area contributed by atoms with Gasteiger partial charge in [0.05, 0.1) is 38.9 Å². The fourth-order valence-corrected chi connectivity index (χ4v) is 7.57. The summed E-state index contributed by atoms with van der Waals surface area (Å²) in [5.74, 6) is 2.69. The molecule has 3 fully saturated rings. The second-order valence-electron chi connectivity index (χ2n) is 14.5. The van der Waals surface area contributed by atoms with Crippen molar-refractivity contribution in [1.29, 1.82) is 0 Å². The summed E-state index contributed by atoms with van der Waals surface area (Å²) in [6.45, 7) is 20.6. The molecule has 5 nitrogen and oxygen atoms in total. The number of hydrogen-bond donors (Lipinski definition) is 0. The Morgan fingerprint density at radius 2 is 1.71 bits per heavy atom. The molecule has 2 aromatic carbocycles. The normalized spacial score (nSPS) is 25.2. The van der Waals surface area contributed by atoms with Gasteiger partial charge in [-0.3, -0.25) is 4.98 Å². The second-order valence-corrected chi connectivity index (χ2v) is 14.5. The first-order chi connectivity index (χ1) is 19.3. The molecule has 0 radical (unpaired) electrons. The average molecular weight is 557 g/mol. The maximum absolute atomic E-state index is 14.7. The molecule has 1 aromatic heterocycles. The maximum Gasteiger partial charge on any atom is 0.126 e. The van der Waals surface area contributed by atoms with Crippen LogP contribution in [-0.2, 0) is 17.4 Å². The number of fused-ring (bicyclic) bond motifs is 4. The number of methoxy groups -OCH3 is 2. The molecule has 0 amide bonds. The van der Waals surface area contributed by atoms with Crippen LogP contribution in [-0.4, -0.2) is 42.8 Å². The molecule has 3 saturated heterocycles. The van der Waals surface area contributed by atoms with Crippen molar-refractivity contribution in [3.63, 3.8) is 0 Å². The van der Waals surface area contributed by atoms with E-state index in [4.69, 9.17) is 9.47 Å². The van der Waals surface area contributed by atoms with E-state index in [0.29, 0.717) is 11.8 Å². The highest BCUT2D eigenvalue weighted by Gasteiger charge is 2.52. The Hall–Kier alpha value is -2.89. The number of quaternary nitrogens is 1. The molecular formula is C36H48N2O3. The van der Waals surface area contributed by atoms with Crippen molar-refractivity contribution >= 4 is 10.9 Å². The van der Waals surface area contributed by atoms with Crippen molar-refractivity contribution in [1.82, 2.24) is 4.98 Å². The SMILES string of the molecule is C=C[C@H]1C[N@@+]2(Cc3cc(C(C)(C)C)c(OC)c(C(C)(C)C)c3)CC[C@@H]1C[C@H]2[C@H]([O-])c1ccnc2ccc(OC)cc12. The minimum Gasteiger partial charge on any atom is -0.844 e. The Bertz CT molecular complexity index is 1400. The third kappa shape index (κ3) is 5.39. The van der Waals surface area contributed by atoms with Gasteiger partial charge in [-0.15, -0.1) is 6.58 Å². The molecule has 3 aliphatic rings. The van der Waals surface area contributed by atoms with Gasteiger partial charge < -0.3 is 19.1 Å². The van der Waals surface area contributed by atoms with E-state index in [1.807, 2.05) is 24.3 Å². The summed E-state index contributed by atoms with van der Waals surface area (Å²) in [6, 6.07) is 12.5. The van der Waals surface area contributed by atoms with Crippen LogP contribution < -0.4 is 14.6 Å². The summed E-state index contributed by atoms with van der Waals surface area (Å²) in [7, 11) is 3.46. The first kappa shape index (κ1) is 29.6. The van der Waals surface area contributed by atoms with Gasteiger partial charge in [-0.2, -0.15) is 0 Å². The van der Waals surface area contributed by atoms with E-state index in [0.717, 1.165) is 64.9 Å². The van der Waals surface area contributed by atoms with Gasteiger partial charge in [-0.25, -0.2) is 0 Å². The quantitative estimate of drug-likeness (QED) is 0.236. The number of benzene rings is 2. The largest absolute Gasteiger partial charge is 0.844 e. The van der Waals surface area contributed by atoms with Crippen molar-refractivity contribution in [3.8, 4) is 11.5 Å². The molecule has 0 saturated carbocycles. The van der Waals surface area contributed by atoms with Crippen LogP contribution in [0, 0.1) is 11.8 Å². The van der Waals surface area contributed by atoms with Crippen LogP contribution in [0.2, 0.25) is 0 Å². The van der Waals surface area contributed by atoms with Crippen LogP contribution in [0.3, 0.4) is 0 Å². The molecule has 6 rings (SSSR count). The van der Waals surface area contributed by atoms with Crippen LogP contribution >= 0.6 is 0 Å². The zero-order valence-corrected chi connectivity index (χ0v) is 26.3. The predicted molar refractivity (Wildman–Crippen MR) is 165 cm³/mol. The lowest BCUT2D eigenvalue weighted by molar-refractivity contribution is -0.990. The maximum atomic E-state index is 14.7. The molecule has 5 heteroatoms. The zero-order valence-electron chi connectivity index (χ0n) is 26.3. The highest BCUT2D eigenvalue weighted by atomic mass is 16.5. The Morgan fingerprint density at radius 3 is 2.29 bits per heavy atom. The second kappa shape index (κ2) is 10.7. The van der Waals surface area contributed by atoms with Crippen molar-refractivity contribution in [2.24, 2.45) is 11.8 Å². The van der Waals surface area contributed by atoms with E-state index in [1.54, 1.807) is 20.4 Å². The molecule has 4 heterocycles. The summed E-state index contributed by atoms with van der Waals surface area (Å²) >= 11 is 0. The molecule has 0 spiro atoms. The smallest absolute Gasteiger partial charge is 0.126 e. The molecule has 2 bridgehead atoms. The van der Waals surface area contributed by atoms with Gasteiger partial charge in [0, 0.05) is 47.0 Å². The third-order valence-electron chi connectivity index (χ3n) is 9.78. The van der Waals surface area contributed by atoms with Gasteiger partial charge in [-0.1, -0.05) is 47.6 Å². The first-order valence-electron chi connectivity index (χ1n) is 15.1. The number of hydrogen-bond acceptors (Lipinski definition) is 4. The van der Waals surface area contributed by atoms with Gasteiger partial charge in [-0.05, 0) is 64.8 Å². The summed E-state index contributed by atoms with van der Waals surface area (Å²) in [5.41, 5.74) is 5.29. The van der Waals surface area contributed by atoms with Crippen LogP contribution in [0.4, 0.5) is 0 Å². The number of aromatic nitrogens is 1. The van der Waals surface area contributed by atoms with Crippen molar-refractivity contribution < 1.29 is 19.1 Å². The molecule has 3 aliphatic heterocycles. The molecule has 220 valence electrons. The number of piperidine rings is 3. The third-order valence-corrected chi connectivity index (χ3v) is 9.78. The van der Waals surface area contributed by atoms with E-state index in [1.165, 1.54) is 16.7 Å². The van der Waals surface area contributed by atoms with E-state index < -0.39 is 6.10 Å². The lowest BCUT2D eigenvalue weighted by atomic mass is 9.70. The Labute approximate surface area is 246 Å². The van der Waals surface area contributed by atoms with Gasteiger partial charge in [0.25, 0.3) is 0 Å². The number of pyridine rings is 1. The van der Waals surface area contributed by atoms with Crippen LogP contribution in [0.5, 0.6) is 11.5 Å². The van der Waals surface area contributed by atoms with Crippen LogP contribution in [0.25, 0.3) is 10.9 Å². The molecule has 3 aromatic rings. The summed E-state index contributed by atoms with van der Waals surface area (Å²) in [5, 5.41) is 15.6. The van der Waals surface area contributed by atoms with Crippen molar-refractivity contribution in [2.45, 2.75) is 83.9 Å². The van der Waals surface area contributed by atoms with Crippen molar-refractivity contribution in [2.75, 3.05) is 27.3 Å². The van der Waals surface area contributed by atoms with E-state index in [-0.39, 0.29) is 16.9 Å². The molecule has 5 atom stereocenters. The summed E-state index contributed by atoms with van der Waals surface area (Å²) in [4.78, 5) is 4.56. The molecule has 0 N–H and O–H groups in total. The summed E-state index contributed by atoms with van der Waals surface area (Å²) < 4.78 is 12.4. The molecule has 0 unspecified atom stereocenters. The topological polar surface area (TPSA) is 54.4 Å². The fraction of sp³-hybridized carbons (Fsp3) is 0.528. The lowest BCUT2D eigenvalue weighted by Crippen LogP contribution is -2.68. The Balaban J connectivity index is 1.63. The predicted octanol–water partition coefficient (Wildman–Crippen LogP) is 6.86. The lowest BCUT2D eigenvalue weighted by Gasteiger charge is -2.60. The van der Waals surface area contributed by atoms with Crippen LogP contribution in [0.1, 0.15) is 82.7 Å². The van der Waals surface area contributed by atoms with Gasteiger partial charge in [0.1, 0.15) is 18.0 Å². The number of nitrogens with zero attached hydrogens (tertiary/aromatic N) is 2.